The average molecular weight is 321 g/mol. The molecule has 0 aliphatic carbocycles. The summed E-state index contributed by atoms with van der Waals surface area (Å²) in [4.78, 5) is 16.3. The molecule has 3 aromatic rings. The van der Waals surface area contributed by atoms with Gasteiger partial charge in [0.05, 0.1) is 11.9 Å². The number of carbonyl (C=O) groups is 1. The first-order chi connectivity index (χ1) is 11.6. The molecular formula is C18H19N5O. The lowest BCUT2D eigenvalue weighted by Crippen LogP contribution is -2.28. The largest absolute Gasteiger partial charge is 0.334 e. The Morgan fingerprint density at radius 3 is 2.75 bits per heavy atom. The highest BCUT2D eigenvalue weighted by molar-refractivity contribution is 5.89. The number of aromatic nitrogens is 3. The van der Waals surface area contributed by atoms with E-state index in [1.54, 1.807) is 17.1 Å². The van der Waals surface area contributed by atoms with Crippen molar-refractivity contribution in [2.75, 3.05) is 5.32 Å². The van der Waals surface area contributed by atoms with Crippen LogP contribution in [0.3, 0.4) is 0 Å². The second-order valence-corrected chi connectivity index (χ2v) is 5.63. The maximum atomic E-state index is 11.9. The van der Waals surface area contributed by atoms with E-state index in [2.05, 4.69) is 20.7 Å². The highest BCUT2D eigenvalue weighted by atomic mass is 16.2. The van der Waals surface area contributed by atoms with Gasteiger partial charge in [0.25, 0.3) is 0 Å². The molecule has 6 heteroatoms. The van der Waals surface area contributed by atoms with E-state index in [0.29, 0.717) is 6.54 Å². The molecule has 6 nitrogen and oxygen atoms in total. The lowest BCUT2D eigenvalue weighted by Gasteiger charge is -2.08. The fourth-order valence-electron chi connectivity index (χ4n) is 2.33. The van der Waals surface area contributed by atoms with Gasteiger partial charge in [-0.15, -0.1) is 0 Å². The molecule has 122 valence electrons. The highest BCUT2D eigenvalue weighted by Crippen LogP contribution is 2.15. The summed E-state index contributed by atoms with van der Waals surface area (Å²) in [5, 5.41) is 9.77. The third-order valence-electron chi connectivity index (χ3n) is 3.55. The van der Waals surface area contributed by atoms with Crippen molar-refractivity contribution >= 4 is 11.7 Å². The number of benzene rings is 1. The molecule has 0 aliphatic heterocycles. The molecule has 0 saturated carbocycles. The minimum atomic E-state index is -0.239. The molecule has 0 fully saturated rings. The lowest BCUT2D eigenvalue weighted by atomic mass is 10.2. The fraction of sp³-hybridized carbons (Fsp3) is 0.167. The van der Waals surface area contributed by atoms with Crippen LogP contribution in [-0.4, -0.2) is 20.8 Å². The average Bonchev–Trinajstić information content (AvgIpc) is 3.00. The van der Waals surface area contributed by atoms with Crippen molar-refractivity contribution in [1.29, 1.82) is 0 Å². The van der Waals surface area contributed by atoms with Crippen molar-refractivity contribution in [3.63, 3.8) is 0 Å². The number of carbonyl (C=O) groups excluding carboxylic acids is 1. The van der Waals surface area contributed by atoms with E-state index < -0.39 is 0 Å². The minimum absolute atomic E-state index is 0.239. The summed E-state index contributed by atoms with van der Waals surface area (Å²) >= 11 is 0. The second kappa shape index (κ2) is 6.95. The van der Waals surface area contributed by atoms with Crippen LogP contribution < -0.4 is 10.6 Å². The Hall–Kier alpha value is -3.15. The maximum Gasteiger partial charge on any atom is 0.319 e. The van der Waals surface area contributed by atoms with Gasteiger partial charge in [-0.1, -0.05) is 18.2 Å². The number of nitrogens with one attached hydrogen (secondary N) is 2. The van der Waals surface area contributed by atoms with Crippen LogP contribution in [0, 0.1) is 6.92 Å². The first-order valence-electron chi connectivity index (χ1n) is 7.65. The molecule has 0 bridgehead atoms. The number of hydrogen-bond acceptors (Lipinski definition) is 3. The molecule has 2 aromatic heterocycles. The Labute approximate surface area is 140 Å². The van der Waals surface area contributed by atoms with Crippen molar-refractivity contribution in [1.82, 2.24) is 20.1 Å². The first-order valence-corrected chi connectivity index (χ1v) is 7.65. The Morgan fingerprint density at radius 2 is 2.08 bits per heavy atom. The van der Waals surface area contributed by atoms with Crippen LogP contribution in [0.2, 0.25) is 0 Å². The van der Waals surface area contributed by atoms with E-state index in [0.717, 1.165) is 28.1 Å². The predicted octanol–water partition coefficient (Wildman–Crippen LogP) is 3.11. The zero-order valence-corrected chi connectivity index (χ0v) is 13.7. The van der Waals surface area contributed by atoms with Gasteiger partial charge in [-0.3, -0.25) is 9.67 Å². The Balaban J connectivity index is 1.55. The maximum absolute atomic E-state index is 11.9. The minimum Gasteiger partial charge on any atom is -0.334 e. The summed E-state index contributed by atoms with van der Waals surface area (Å²) in [5.41, 5.74) is 4.63. The number of urea groups is 1. The van der Waals surface area contributed by atoms with Gasteiger partial charge in [-0.2, -0.15) is 5.10 Å². The zero-order valence-electron chi connectivity index (χ0n) is 13.7. The number of pyridine rings is 1. The van der Waals surface area contributed by atoms with E-state index in [1.807, 2.05) is 56.6 Å². The van der Waals surface area contributed by atoms with Gasteiger partial charge in [-0.05, 0) is 36.2 Å². The normalized spacial score (nSPS) is 10.4. The molecule has 0 saturated heterocycles. The van der Waals surface area contributed by atoms with Gasteiger partial charge >= 0.3 is 6.03 Å². The standard InChI is InChI=1S/C18H19N5O/c1-13-4-3-5-16(8-13)22-18(24)20-10-14-6-7-17(19-9-14)15-11-21-23(2)12-15/h3-9,11-12H,10H2,1-2H3,(H2,20,22,24). The smallest absolute Gasteiger partial charge is 0.319 e. The van der Waals surface area contributed by atoms with Crippen LogP contribution >= 0.6 is 0 Å². The van der Waals surface area contributed by atoms with Crippen LogP contribution in [0.25, 0.3) is 11.3 Å². The van der Waals surface area contributed by atoms with E-state index >= 15 is 0 Å². The van der Waals surface area contributed by atoms with Crippen molar-refractivity contribution in [2.24, 2.45) is 7.05 Å². The monoisotopic (exact) mass is 321 g/mol. The van der Waals surface area contributed by atoms with Gasteiger partial charge < -0.3 is 10.6 Å². The molecule has 0 unspecified atom stereocenters. The molecule has 0 atom stereocenters. The molecule has 2 N–H and O–H groups in total. The zero-order chi connectivity index (χ0) is 16.9. The molecule has 1 aromatic carbocycles. The summed E-state index contributed by atoms with van der Waals surface area (Å²) in [5.74, 6) is 0. The van der Waals surface area contributed by atoms with Crippen molar-refractivity contribution in [2.45, 2.75) is 13.5 Å². The second-order valence-electron chi connectivity index (χ2n) is 5.63. The molecule has 0 aliphatic rings. The number of amides is 2. The fourth-order valence-corrected chi connectivity index (χ4v) is 2.33. The summed E-state index contributed by atoms with van der Waals surface area (Å²) in [6, 6.07) is 11.3. The van der Waals surface area contributed by atoms with E-state index in [4.69, 9.17) is 0 Å². The first kappa shape index (κ1) is 15.7. The van der Waals surface area contributed by atoms with Crippen LogP contribution in [0.4, 0.5) is 10.5 Å². The van der Waals surface area contributed by atoms with Gasteiger partial charge in [0.15, 0.2) is 0 Å². The highest BCUT2D eigenvalue weighted by Gasteiger charge is 2.04. The summed E-state index contributed by atoms with van der Waals surface area (Å²) < 4.78 is 1.74. The molecule has 3 rings (SSSR count). The van der Waals surface area contributed by atoms with Crippen molar-refractivity contribution in [3.8, 4) is 11.3 Å². The molecule has 0 radical (unpaired) electrons. The number of hydrogen-bond donors (Lipinski definition) is 2. The molecule has 2 heterocycles. The lowest BCUT2D eigenvalue weighted by molar-refractivity contribution is 0.251. The van der Waals surface area contributed by atoms with Gasteiger partial charge in [0.2, 0.25) is 0 Å². The number of nitrogens with zero attached hydrogens (tertiary/aromatic N) is 3. The summed E-state index contributed by atoms with van der Waals surface area (Å²) in [7, 11) is 1.87. The Morgan fingerprint density at radius 1 is 1.21 bits per heavy atom. The summed E-state index contributed by atoms with van der Waals surface area (Å²) in [6.45, 7) is 2.40. The predicted molar refractivity (Wildman–Crippen MR) is 93.5 cm³/mol. The van der Waals surface area contributed by atoms with Crippen LogP contribution in [-0.2, 0) is 13.6 Å². The van der Waals surface area contributed by atoms with Crippen molar-refractivity contribution in [3.05, 3.63) is 66.1 Å². The van der Waals surface area contributed by atoms with Crippen molar-refractivity contribution < 1.29 is 4.79 Å². The Kier molecular flexibility index (Phi) is 4.56. The SMILES string of the molecule is Cc1cccc(NC(=O)NCc2ccc(-c3cnn(C)c3)nc2)c1. The molecule has 2 amide bonds. The number of aryl methyl sites for hydroxylation is 2. The van der Waals surface area contributed by atoms with Crippen LogP contribution in [0.5, 0.6) is 0 Å². The van der Waals surface area contributed by atoms with Crippen LogP contribution in [0.15, 0.2) is 55.0 Å². The van der Waals surface area contributed by atoms with E-state index in [9.17, 15) is 4.79 Å². The van der Waals surface area contributed by atoms with Gasteiger partial charge in [-0.25, -0.2) is 4.79 Å². The molecule has 24 heavy (non-hydrogen) atoms. The topological polar surface area (TPSA) is 71.8 Å². The number of rotatable bonds is 4. The van der Waals surface area contributed by atoms with Gasteiger partial charge in [0.1, 0.15) is 0 Å². The van der Waals surface area contributed by atoms with Crippen LogP contribution in [0.1, 0.15) is 11.1 Å². The molecular weight excluding hydrogens is 302 g/mol. The Bertz CT molecular complexity index is 839. The summed E-state index contributed by atoms with van der Waals surface area (Å²) in [6.07, 6.45) is 5.44. The van der Waals surface area contributed by atoms with Gasteiger partial charge in [0, 0.05) is 37.2 Å². The third-order valence-corrected chi connectivity index (χ3v) is 3.55. The molecule has 0 spiro atoms. The van der Waals surface area contributed by atoms with E-state index in [-0.39, 0.29) is 6.03 Å². The van der Waals surface area contributed by atoms with E-state index in [1.165, 1.54) is 0 Å². The quantitative estimate of drug-likeness (QED) is 0.775. The number of anilines is 1. The third kappa shape index (κ3) is 3.98.